The Balaban J connectivity index is 1.30. The van der Waals surface area contributed by atoms with Crippen molar-refractivity contribution in [1.29, 1.82) is 0 Å². The topological polar surface area (TPSA) is 63.3 Å². The third-order valence-electron chi connectivity index (χ3n) is 5.91. The van der Waals surface area contributed by atoms with Crippen molar-refractivity contribution in [2.45, 2.75) is 19.5 Å². The van der Waals surface area contributed by atoms with E-state index in [0.29, 0.717) is 6.54 Å². The molecule has 1 saturated heterocycles. The van der Waals surface area contributed by atoms with Gasteiger partial charge >= 0.3 is 0 Å². The van der Waals surface area contributed by atoms with Crippen molar-refractivity contribution in [3.05, 3.63) is 53.1 Å². The number of amides is 1. The van der Waals surface area contributed by atoms with E-state index in [1.165, 1.54) is 16.7 Å². The molecule has 166 valence electrons. The van der Waals surface area contributed by atoms with Gasteiger partial charge in [0.05, 0.1) is 34.0 Å². The molecule has 2 aliphatic heterocycles. The van der Waals surface area contributed by atoms with Crippen LogP contribution in [0.15, 0.2) is 36.4 Å². The van der Waals surface area contributed by atoms with Gasteiger partial charge in [-0.3, -0.25) is 14.6 Å². The molecule has 0 aliphatic carbocycles. The van der Waals surface area contributed by atoms with E-state index in [4.69, 9.17) is 14.2 Å². The number of anilines is 1. The fourth-order valence-electron chi connectivity index (χ4n) is 4.19. The minimum Gasteiger partial charge on any atom is -0.493 e. The Morgan fingerprint density at radius 1 is 0.968 bits per heavy atom. The summed E-state index contributed by atoms with van der Waals surface area (Å²) in [6, 6.07) is 12.2. The second-order valence-electron chi connectivity index (χ2n) is 8.07. The zero-order chi connectivity index (χ0) is 21.6. The van der Waals surface area contributed by atoms with Gasteiger partial charge in [0.2, 0.25) is 5.91 Å². The van der Waals surface area contributed by atoms with Crippen molar-refractivity contribution >= 4 is 11.6 Å². The lowest BCUT2D eigenvalue weighted by atomic mass is 9.99. The molecule has 0 atom stereocenters. The summed E-state index contributed by atoms with van der Waals surface area (Å²) in [6.45, 7) is 6.38. The second kappa shape index (κ2) is 10.1. The highest BCUT2D eigenvalue weighted by molar-refractivity contribution is 5.92. The molecule has 2 aromatic carbocycles. The molecule has 7 heteroatoms. The number of ether oxygens (including phenoxy) is 3. The minimum absolute atomic E-state index is 0.00450. The van der Waals surface area contributed by atoms with Crippen LogP contribution in [0, 0.1) is 0 Å². The van der Waals surface area contributed by atoms with Gasteiger partial charge in [0.25, 0.3) is 0 Å². The van der Waals surface area contributed by atoms with Gasteiger partial charge in [-0.25, -0.2) is 0 Å². The Morgan fingerprint density at radius 2 is 1.65 bits per heavy atom. The van der Waals surface area contributed by atoms with E-state index in [9.17, 15) is 4.79 Å². The van der Waals surface area contributed by atoms with Crippen molar-refractivity contribution in [2.24, 2.45) is 0 Å². The molecule has 2 aliphatic rings. The molecule has 0 aromatic heterocycles. The van der Waals surface area contributed by atoms with E-state index in [1.54, 1.807) is 14.2 Å². The number of fused-ring (bicyclic) bond motifs is 1. The number of rotatable bonds is 7. The minimum atomic E-state index is 0.00450. The van der Waals surface area contributed by atoms with Crippen LogP contribution in [0.25, 0.3) is 0 Å². The Labute approximate surface area is 183 Å². The van der Waals surface area contributed by atoms with Crippen LogP contribution in [0.5, 0.6) is 11.5 Å². The van der Waals surface area contributed by atoms with Crippen LogP contribution in [0.1, 0.15) is 16.7 Å². The van der Waals surface area contributed by atoms with Gasteiger partial charge in [0.1, 0.15) is 0 Å². The summed E-state index contributed by atoms with van der Waals surface area (Å²) < 4.78 is 16.2. The number of carbonyl (C=O) groups is 1. The van der Waals surface area contributed by atoms with Crippen LogP contribution >= 0.6 is 0 Å². The van der Waals surface area contributed by atoms with E-state index < -0.39 is 0 Å². The normalized spacial score (nSPS) is 17.1. The quantitative estimate of drug-likeness (QED) is 0.736. The van der Waals surface area contributed by atoms with Crippen molar-refractivity contribution < 1.29 is 19.0 Å². The third-order valence-corrected chi connectivity index (χ3v) is 5.91. The first-order valence-electron chi connectivity index (χ1n) is 10.8. The molecule has 0 radical (unpaired) electrons. The van der Waals surface area contributed by atoms with Gasteiger partial charge < -0.3 is 19.5 Å². The molecule has 1 N–H and O–H groups in total. The highest BCUT2D eigenvalue weighted by Crippen LogP contribution is 2.33. The summed E-state index contributed by atoms with van der Waals surface area (Å²) in [5.74, 6) is 1.49. The molecule has 1 fully saturated rings. The summed E-state index contributed by atoms with van der Waals surface area (Å²) in [5, 5.41) is 3.03. The van der Waals surface area contributed by atoms with Crippen LogP contribution in [0.4, 0.5) is 5.69 Å². The average molecular weight is 426 g/mol. The highest BCUT2D eigenvalue weighted by Gasteiger charge is 2.21. The number of benzene rings is 2. The van der Waals surface area contributed by atoms with Crippen molar-refractivity contribution in [2.75, 3.05) is 58.9 Å². The fourth-order valence-corrected chi connectivity index (χ4v) is 4.19. The molecule has 4 rings (SSSR count). The Morgan fingerprint density at radius 3 is 2.32 bits per heavy atom. The summed E-state index contributed by atoms with van der Waals surface area (Å²) in [4.78, 5) is 17.1. The van der Waals surface area contributed by atoms with Gasteiger partial charge in [-0.15, -0.1) is 0 Å². The number of carbonyl (C=O) groups excluding carboxylic acids is 1. The molecule has 1 amide bonds. The average Bonchev–Trinajstić information content (AvgIpc) is 2.80. The molecular formula is C24H31N3O4. The van der Waals surface area contributed by atoms with Crippen molar-refractivity contribution in [1.82, 2.24) is 9.80 Å². The molecule has 0 spiro atoms. The van der Waals surface area contributed by atoms with Crippen LogP contribution < -0.4 is 14.8 Å². The zero-order valence-electron chi connectivity index (χ0n) is 18.4. The smallest absolute Gasteiger partial charge is 0.238 e. The lowest BCUT2D eigenvalue weighted by molar-refractivity contribution is -0.117. The maximum atomic E-state index is 12.6. The Hall–Kier alpha value is -2.61. The first kappa shape index (κ1) is 21.6. The largest absolute Gasteiger partial charge is 0.493 e. The predicted octanol–water partition coefficient (Wildman–Crippen LogP) is 2.53. The summed E-state index contributed by atoms with van der Waals surface area (Å²) in [5.41, 5.74) is 4.52. The van der Waals surface area contributed by atoms with Crippen LogP contribution in [0.2, 0.25) is 0 Å². The summed E-state index contributed by atoms with van der Waals surface area (Å²) >= 11 is 0. The standard InChI is InChI=1S/C24H31N3O4/c1-29-22-13-19-7-8-27(16-20(19)14-23(22)30-2)17-24(28)25-21-5-3-18(4-6-21)15-26-9-11-31-12-10-26/h3-6,13-14H,7-12,15-17H2,1-2H3,(H,25,28). The van der Waals surface area contributed by atoms with E-state index >= 15 is 0 Å². The number of hydrogen-bond acceptors (Lipinski definition) is 6. The first-order chi connectivity index (χ1) is 15.1. The zero-order valence-corrected chi connectivity index (χ0v) is 18.4. The Kier molecular flexibility index (Phi) is 7.06. The molecule has 0 unspecified atom stereocenters. The third kappa shape index (κ3) is 5.55. The fraction of sp³-hybridized carbons (Fsp3) is 0.458. The van der Waals surface area contributed by atoms with Crippen LogP contribution in [-0.4, -0.2) is 69.3 Å². The first-order valence-corrected chi connectivity index (χ1v) is 10.8. The van der Waals surface area contributed by atoms with Crippen molar-refractivity contribution in [3.63, 3.8) is 0 Å². The number of methoxy groups -OCH3 is 2. The number of hydrogen-bond donors (Lipinski definition) is 1. The molecule has 0 bridgehead atoms. The Bertz CT molecular complexity index is 894. The predicted molar refractivity (Wildman–Crippen MR) is 120 cm³/mol. The molecule has 31 heavy (non-hydrogen) atoms. The monoisotopic (exact) mass is 425 g/mol. The molecule has 0 saturated carbocycles. The maximum absolute atomic E-state index is 12.6. The van der Waals surface area contributed by atoms with E-state index in [1.807, 2.05) is 24.3 Å². The lowest BCUT2D eigenvalue weighted by Crippen LogP contribution is -2.37. The molecular weight excluding hydrogens is 394 g/mol. The van der Waals surface area contributed by atoms with Crippen molar-refractivity contribution in [3.8, 4) is 11.5 Å². The number of nitrogens with zero attached hydrogens (tertiary/aromatic N) is 2. The molecule has 7 nitrogen and oxygen atoms in total. The van der Waals surface area contributed by atoms with Gasteiger partial charge in [0.15, 0.2) is 11.5 Å². The number of nitrogens with one attached hydrogen (secondary N) is 1. The lowest BCUT2D eigenvalue weighted by Gasteiger charge is -2.29. The number of morpholine rings is 1. The summed E-state index contributed by atoms with van der Waals surface area (Å²) in [7, 11) is 3.30. The van der Waals surface area contributed by atoms with Crippen LogP contribution in [-0.2, 0) is 29.0 Å². The van der Waals surface area contributed by atoms with Gasteiger partial charge in [-0.05, 0) is 47.4 Å². The van der Waals surface area contributed by atoms with Gasteiger partial charge in [-0.1, -0.05) is 12.1 Å². The van der Waals surface area contributed by atoms with E-state index in [-0.39, 0.29) is 5.91 Å². The summed E-state index contributed by atoms with van der Waals surface area (Å²) in [6.07, 6.45) is 0.888. The SMILES string of the molecule is COc1cc2c(cc1OC)CN(CC(=O)Nc1ccc(CN3CCOCC3)cc1)CC2. The second-order valence-corrected chi connectivity index (χ2v) is 8.07. The maximum Gasteiger partial charge on any atom is 0.238 e. The highest BCUT2D eigenvalue weighted by atomic mass is 16.5. The van der Waals surface area contributed by atoms with Gasteiger partial charge in [0, 0.05) is 38.4 Å². The molecule has 2 heterocycles. The van der Waals surface area contributed by atoms with Gasteiger partial charge in [-0.2, -0.15) is 0 Å². The van der Waals surface area contributed by atoms with E-state index in [0.717, 1.165) is 69.5 Å². The molecule has 2 aromatic rings. The van der Waals surface area contributed by atoms with Crippen LogP contribution in [0.3, 0.4) is 0 Å². The van der Waals surface area contributed by atoms with E-state index in [2.05, 4.69) is 27.2 Å².